The van der Waals surface area contributed by atoms with Crippen LogP contribution in [0.4, 0.5) is 4.39 Å². The van der Waals surface area contributed by atoms with Crippen LogP contribution in [-0.2, 0) is 11.2 Å². The van der Waals surface area contributed by atoms with E-state index in [0.717, 1.165) is 42.0 Å². The van der Waals surface area contributed by atoms with Gasteiger partial charge in [0.1, 0.15) is 11.6 Å². The number of halogens is 1. The van der Waals surface area contributed by atoms with Crippen molar-refractivity contribution in [3.8, 4) is 22.4 Å². The van der Waals surface area contributed by atoms with Crippen LogP contribution in [0.1, 0.15) is 44.1 Å². The van der Waals surface area contributed by atoms with E-state index in [1.165, 1.54) is 23.3 Å². The zero-order chi connectivity index (χ0) is 24.4. The molecule has 1 atom stereocenters. The van der Waals surface area contributed by atoms with Crippen LogP contribution in [0.2, 0.25) is 0 Å². The quantitative estimate of drug-likeness (QED) is 0.338. The topological polar surface area (TPSA) is 49.0 Å². The maximum Gasteiger partial charge on any atom is 0.229 e. The van der Waals surface area contributed by atoms with E-state index in [1.807, 2.05) is 43.0 Å². The van der Waals surface area contributed by atoms with Gasteiger partial charge in [-0.1, -0.05) is 80.6 Å². The van der Waals surface area contributed by atoms with E-state index in [0.29, 0.717) is 6.42 Å². The number of carbonyl (C=O) groups is 1. The molecule has 3 aromatic carbocycles. The van der Waals surface area contributed by atoms with Crippen molar-refractivity contribution in [1.82, 2.24) is 14.9 Å². The Morgan fingerprint density at radius 3 is 2.46 bits per heavy atom. The molecular formula is C30H30FN3O. The highest BCUT2D eigenvalue weighted by Crippen LogP contribution is 2.36. The van der Waals surface area contributed by atoms with Gasteiger partial charge < -0.3 is 9.88 Å². The Bertz CT molecular complexity index is 1310. The molecule has 1 N–H and O–H groups in total. The molecule has 4 nitrogen and oxygen atoms in total. The molecule has 4 aromatic rings. The lowest BCUT2D eigenvalue weighted by atomic mass is 9.83. The van der Waals surface area contributed by atoms with Gasteiger partial charge in [-0.05, 0) is 48.1 Å². The van der Waals surface area contributed by atoms with Crippen molar-refractivity contribution in [2.24, 2.45) is 5.41 Å². The van der Waals surface area contributed by atoms with Crippen molar-refractivity contribution >= 4 is 5.91 Å². The largest absolute Gasteiger partial charge is 0.340 e. The summed E-state index contributed by atoms with van der Waals surface area (Å²) < 4.78 is 13.7. The van der Waals surface area contributed by atoms with Gasteiger partial charge in [0.2, 0.25) is 5.91 Å². The van der Waals surface area contributed by atoms with Gasteiger partial charge in [-0.15, -0.1) is 0 Å². The van der Waals surface area contributed by atoms with Crippen LogP contribution >= 0.6 is 0 Å². The maximum absolute atomic E-state index is 13.7. The number of rotatable bonds is 6. The highest BCUT2D eigenvalue weighted by atomic mass is 19.1. The van der Waals surface area contributed by atoms with Crippen molar-refractivity contribution in [3.05, 3.63) is 102 Å². The van der Waals surface area contributed by atoms with Crippen LogP contribution in [0.25, 0.3) is 22.4 Å². The van der Waals surface area contributed by atoms with E-state index in [-0.39, 0.29) is 17.8 Å². The Morgan fingerprint density at radius 2 is 1.71 bits per heavy atom. The molecule has 1 aliphatic rings. The third kappa shape index (κ3) is 4.90. The smallest absolute Gasteiger partial charge is 0.229 e. The van der Waals surface area contributed by atoms with Gasteiger partial charge in [0.25, 0.3) is 0 Å². The first-order valence-corrected chi connectivity index (χ1v) is 12.2. The van der Waals surface area contributed by atoms with Crippen LogP contribution in [0.3, 0.4) is 0 Å². The first kappa shape index (κ1) is 23.0. The van der Waals surface area contributed by atoms with Gasteiger partial charge in [-0.25, -0.2) is 9.37 Å². The molecule has 0 bridgehead atoms. The number of aromatic amines is 1. The first-order chi connectivity index (χ1) is 16.9. The molecule has 0 unspecified atom stereocenters. The summed E-state index contributed by atoms with van der Waals surface area (Å²) in [5.74, 6) is 0.615. The second-order valence-corrected chi connectivity index (χ2v) is 9.97. The molecule has 1 aliphatic heterocycles. The minimum Gasteiger partial charge on any atom is -0.340 e. The Balaban J connectivity index is 1.30. The molecule has 1 saturated heterocycles. The molecule has 178 valence electrons. The van der Waals surface area contributed by atoms with Crippen molar-refractivity contribution in [3.63, 3.8) is 0 Å². The summed E-state index contributed by atoms with van der Waals surface area (Å²) in [6.45, 7) is 4.77. The zero-order valence-electron chi connectivity index (χ0n) is 20.2. The predicted molar refractivity (Wildman–Crippen MR) is 137 cm³/mol. The number of nitrogens with one attached hydrogen (secondary N) is 1. The number of hydrogen-bond acceptors (Lipinski definition) is 2. The summed E-state index contributed by atoms with van der Waals surface area (Å²) >= 11 is 0. The highest BCUT2D eigenvalue weighted by Gasteiger charge is 2.39. The molecule has 1 aromatic heterocycles. The van der Waals surface area contributed by atoms with Gasteiger partial charge in [-0.3, -0.25) is 4.79 Å². The molecule has 0 spiro atoms. The van der Waals surface area contributed by atoms with E-state index in [4.69, 9.17) is 0 Å². The van der Waals surface area contributed by atoms with Crippen molar-refractivity contribution < 1.29 is 9.18 Å². The van der Waals surface area contributed by atoms with Crippen LogP contribution in [0, 0.1) is 11.2 Å². The summed E-state index contributed by atoms with van der Waals surface area (Å²) in [4.78, 5) is 23.6. The van der Waals surface area contributed by atoms with Gasteiger partial charge >= 0.3 is 0 Å². The van der Waals surface area contributed by atoms with Crippen LogP contribution in [0.5, 0.6) is 0 Å². The Morgan fingerprint density at radius 1 is 1.00 bits per heavy atom. The molecule has 2 heterocycles. The SMILES string of the molecule is CC(C)(Cc1ccc(-c2ccccc2)cc1)C(=O)N1CCC[C@H]1c1ncc(-c2cccc(F)c2)[nH]1. The van der Waals surface area contributed by atoms with Gasteiger partial charge in [-0.2, -0.15) is 0 Å². The summed E-state index contributed by atoms with van der Waals surface area (Å²) in [5, 5.41) is 0. The summed E-state index contributed by atoms with van der Waals surface area (Å²) in [7, 11) is 0. The lowest BCUT2D eigenvalue weighted by Crippen LogP contribution is -2.42. The minimum atomic E-state index is -0.547. The van der Waals surface area contributed by atoms with Crippen LogP contribution in [0.15, 0.2) is 85.1 Å². The molecule has 35 heavy (non-hydrogen) atoms. The van der Waals surface area contributed by atoms with Gasteiger partial charge in [0, 0.05) is 17.5 Å². The molecule has 0 radical (unpaired) electrons. The minimum absolute atomic E-state index is 0.0930. The van der Waals surface area contributed by atoms with E-state index < -0.39 is 5.41 Å². The van der Waals surface area contributed by atoms with E-state index >= 15 is 0 Å². The van der Waals surface area contributed by atoms with E-state index in [1.54, 1.807) is 12.3 Å². The predicted octanol–water partition coefficient (Wildman–Crippen LogP) is 6.82. The number of benzene rings is 3. The van der Waals surface area contributed by atoms with Crippen LogP contribution < -0.4 is 0 Å². The molecule has 0 aliphatic carbocycles. The molecule has 5 rings (SSSR count). The van der Waals surface area contributed by atoms with Crippen LogP contribution in [-0.4, -0.2) is 27.3 Å². The summed E-state index contributed by atoms with van der Waals surface area (Å²) in [6.07, 6.45) is 4.19. The number of carbonyl (C=O) groups excluding carboxylic acids is 1. The third-order valence-electron chi connectivity index (χ3n) is 6.85. The average molecular weight is 468 g/mol. The molecule has 5 heteroatoms. The monoisotopic (exact) mass is 467 g/mol. The van der Waals surface area contributed by atoms with Gasteiger partial charge in [0.15, 0.2) is 0 Å². The molecule has 1 fully saturated rings. The number of H-pyrrole nitrogens is 1. The van der Waals surface area contributed by atoms with E-state index in [9.17, 15) is 9.18 Å². The van der Waals surface area contributed by atoms with E-state index in [2.05, 4.69) is 46.4 Å². The lowest BCUT2D eigenvalue weighted by Gasteiger charge is -2.32. The molecule has 1 amide bonds. The average Bonchev–Trinajstić information content (AvgIpc) is 3.54. The fraction of sp³-hybridized carbons (Fsp3) is 0.267. The fourth-order valence-electron chi connectivity index (χ4n) is 5.02. The molecule has 0 saturated carbocycles. The second-order valence-electron chi connectivity index (χ2n) is 9.97. The summed E-state index contributed by atoms with van der Waals surface area (Å²) in [5.41, 5.74) is 4.46. The van der Waals surface area contributed by atoms with Crippen molar-refractivity contribution in [1.29, 1.82) is 0 Å². The second kappa shape index (κ2) is 9.49. The zero-order valence-corrected chi connectivity index (χ0v) is 20.2. The Labute approximate surface area is 205 Å². The Hall–Kier alpha value is -3.73. The summed E-state index contributed by atoms with van der Waals surface area (Å²) in [6, 6.07) is 25.2. The number of amides is 1. The first-order valence-electron chi connectivity index (χ1n) is 12.2. The fourth-order valence-corrected chi connectivity index (χ4v) is 5.02. The molecular weight excluding hydrogens is 437 g/mol. The number of likely N-dealkylation sites (tertiary alicyclic amines) is 1. The normalized spacial score (nSPS) is 16.0. The number of hydrogen-bond donors (Lipinski definition) is 1. The highest BCUT2D eigenvalue weighted by molar-refractivity contribution is 5.83. The lowest BCUT2D eigenvalue weighted by molar-refractivity contribution is -0.141. The number of nitrogens with zero attached hydrogens (tertiary/aromatic N) is 2. The van der Waals surface area contributed by atoms with Crippen molar-refractivity contribution in [2.75, 3.05) is 6.54 Å². The third-order valence-corrected chi connectivity index (χ3v) is 6.85. The van der Waals surface area contributed by atoms with Crippen molar-refractivity contribution in [2.45, 2.75) is 39.2 Å². The Kier molecular flexibility index (Phi) is 6.25. The number of imidazole rings is 1. The maximum atomic E-state index is 13.7. The standard InChI is InChI=1S/C30H30FN3O/c1-30(2,19-21-13-15-23(16-14-21)22-8-4-3-5-9-22)29(35)34-17-7-12-27(34)28-32-20-26(33-28)24-10-6-11-25(31)18-24/h3-6,8-11,13-16,18,20,27H,7,12,17,19H2,1-2H3,(H,32,33)/t27-/m0/s1. The van der Waals surface area contributed by atoms with Gasteiger partial charge in [0.05, 0.1) is 17.9 Å². The number of aromatic nitrogens is 2.